The molecule has 0 saturated carbocycles. The van der Waals surface area contributed by atoms with Gasteiger partial charge < -0.3 is 10.2 Å². The van der Waals surface area contributed by atoms with Crippen LogP contribution in [0, 0.1) is 0 Å². The second-order valence-electron chi connectivity index (χ2n) is 4.63. The quantitative estimate of drug-likeness (QED) is 0.849. The van der Waals surface area contributed by atoms with Crippen LogP contribution in [-0.4, -0.2) is 36.5 Å². The van der Waals surface area contributed by atoms with Crippen LogP contribution in [0.25, 0.3) is 0 Å². The fraction of sp³-hybridized carbons (Fsp3) is 0.462. The summed E-state index contributed by atoms with van der Waals surface area (Å²) in [5, 5.41) is 3.16. The molecular weight excluding hydrogens is 257 g/mol. The van der Waals surface area contributed by atoms with E-state index in [0.717, 1.165) is 12.1 Å². The zero-order valence-corrected chi connectivity index (χ0v) is 10.5. The predicted octanol–water partition coefficient (Wildman–Crippen LogP) is 2.14. The lowest BCUT2D eigenvalue weighted by atomic mass is 10.1. The van der Waals surface area contributed by atoms with Crippen molar-refractivity contribution in [3.8, 4) is 0 Å². The van der Waals surface area contributed by atoms with Gasteiger partial charge in [-0.15, -0.1) is 0 Å². The van der Waals surface area contributed by atoms with E-state index >= 15 is 0 Å². The van der Waals surface area contributed by atoms with Crippen molar-refractivity contribution in [2.24, 2.45) is 0 Å². The van der Waals surface area contributed by atoms with Gasteiger partial charge in [0.15, 0.2) is 0 Å². The van der Waals surface area contributed by atoms with Crippen LogP contribution >= 0.6 is 0 Å². The van der Waals surface area contributed by atoms with Gasteiger partial charge in [-0.1, -0.05) is 0 Å². The second-order valence-corrected chi connectivity index (χ2v) is 4.63. The van der Waals surface area contributed by atoms with Crippen molar-refractivity contribution >= 4 is 5.91 Å². The van der Waals surface area contributed by atoms with Crippen molar-refractivity contribution in [1.82, 2.24) is 10.2 Å². The number of rotatable bonds is 1. The molecule has 1 aliphatic rings. The third-order valence-electron chi connectivity index (χ3n) is 3.22. The van der Waals surface area contributed by atoms with Crippen LogP contribution in [0.3, 0.4) is 0 Å². The molecule has 2 rings (SSSR count). The molecule has 6 heteroatoms. The van der Waals surface area contributed by atoms with Crippen LogP contribution in [-0.2, 0) is 6.18 Å². The smallest absolute Gasteiger partial charge is 0.333 e. The number of carbonyl (C=O) groups excluding carboxylic acids is 1. The van der Waals surface area contributed by atoms with Gasteiger partial charge in [0.05, 0.1) is 5.56 Å². The zero-order valence-electron chi connectivity index (χ0n) is 10.5. The first kappa shape index (κ1) is 13.9. The van der Waals surface area contributed by atoms with E-state index in [-0.39, 0.29) is 11.9 Å². The molecule has 1 atom stereocenters. The number of hydrogen-bond acceptors (Lipinski definition) is 2. The van der Waals surface area contributed by atoms with E-state index in [0.29, 0.717) is 25.2 Å². The van der Waals surface area contributed by atoms with Crippen LogP contribution in [0.15, 0.2) is 24.3 Å². The normalized spacial score (nSPS) is 20.4. The molecule has 0 aromatic heterocycles. The molecule has 1 aliphatic heterocycles. The molecule has 1 heterocycles. The third-order valence-corrected chi connectivity index (χ3v) is 3.22. The van der Waals surface area contributed by atoms with Crippen LogP contribution in [0.1, 0.15) is 22.8 Å². The molecule has 0 aliphatic carbocycles. The summed E-state index contributed by atoms with van der Waals surface area (Å²) in [6, 6.07) is 4.41. The predicted molar refractivity (Wildman–Crippen MR) is 64.8 cm³/mol. The van der Waals surface area contributed by atoms with E-state index < -0.39 is 11.7 Å². The summed E-state index contributed by atoms with van der Waals surface area (Å²) in [5.74, 6) is -0.220. The highest BCUT2D eigenvalue weighted by atomic mass is 19.4. The Kier molecular flexibility index (Phi) is 3.80. The van der Waals surface area contributed by atoms with E-state index in [1.807, 2.05) is 6.92 Å². The topological polar surface area (TPSA) is 32.3 Å². The Labute approximate surface area is 109 Å². The van der Waals surface area contributed by atoms with Gasteiger partial charge >= 0.3 is 6.18 Å². The first-order chi connectivity index (χ1) is 8.89. The summed E-state index contributed by atoms with van der Waals surface area (Å²) >= 11 is 0. The van der Waals surface area contributed by atoms with Crippen LogP contribution in [0.5, 0.6) is 0 Å². The Morgan fingerprint density at radius 2 is 1.95 bits per heavy atom. The Balaban J connectivity index is 2.15. The van der Waals surface area contributed by atoms with Crippen molar-refractivity contribution < 1.29 is 18.0 Å². The molecule has 3 nitrogen and oxygen atoms in total. The molecule has 1 aromatic carbocycles. The summed E-state index contributed by atoms with van der Waals surface area (Å²) < 4.78 is 37.3. The number of benzene rings is 1. The molecule has 104 valence electrons. The lowest BCUT2D eigenvalue weighted by molar-refractivity contribution is -0.137. The lowest BCUT2D eigenvalue weighted by Crippen LogP contribution is -2.52. The molecule has 0 spiro atoms. The molecule has 1 saturated heterocycles. The molecule has 1 amide bonds. The summed E-state index contributed by atoms with van der Waals surface area (Å²) in [6.07, 6.45) is -4.37. The van der Waals surface area contributed by atoms with Crippen molar-refractivity contribution in [2.75, 3.05) is 19.6 Å². The van der Waals surface area contributed by atoms with Gasteiger partial charge in [0, 0.05) is 31.2 Å². The average molecular weight is 272 g/mol. The number of nitrogens with one attached hydrogen (secondary N) is 1. The van der Waals surface area contributed by atoms with E-state index in [1.54, 1.807) is 4.90 Å². The van der Waals surface area contributed by atoms with E-state index in [2.05, 4.69) is 5.32 Å². The summed E-state index contributed by atoms with van der Waals surface area (Å²) in [7, 11) is 0. The van der Waals surface area contributed by atoms with Crippen molar-refractivity contribution in [3.05, 3.63) is 35.4 Å². The standard InChI is InChI=1S/C13H15F3N2O/c1-9-8-17-6-7-18(9)12(19)10-2-4-11(5-3-10)13(14,15)16/h2-5,9,17H,6-8H2,1H3/t9-/m0/s1. The van der Waals surface area contributed by atoms with Crippen molar-refractivity contribution in [3.63, 3.8) is 0 Å². The van der Waals surface area contributed by atoms with Gasteiger partial charge in [0.25, 0.3) is 5.91 Å². The fourth-order valence-electron chi connectivity index (χ4n) is 2.11. The van der Waals surface area contributed by atoms with Crippen LogP contribution < -0.4 is 5.32 Å². The third kappa shape index (κ3) is 3.07. The van der Waals surface area contributed by atoms with Gasteiger partial charge in [0.1, 0.15) is 0 Å². The lowest BCUT2D eigenvalue weighted by Gasteiger charge is -2.34. The summed E-state index contributed by atoms with van der Waals surface area (Å²) in [6.45, 7) is 3.89. The highest BCUT2D eigenvalue weighted by molar-refractivity contribution is 5.94. The SMILES string of the molecule is C[C@H]1CNCCN1C(=O)c1ccc(C(F)(F)F)cc1. The summed E-state index contributed by atoms with van der Waals surface area (Å²) in [4.78, 5) is 13.9. The van der Waals surface area contributed by atoms with Crippen LogP contribution in [0.4, 0.5) is 13.2 Å². The van der Waals surface area contributed by atoms with Gasteiger partial charge in [-0.3, -0.25) is 4.79 Å². The Morgan fingerprint density at radius 1 is 1.32 bits per heavy atom. The largest absolute Gasteiger partial charge is 0.416 e. The van der Waals surface area contributed by atoms with E-state index in [4.69, 9.17) is 0 Å². The number of halogens is 3. The maximum absolute atomic E-state index is 12.4. The minimum absolute atomic E-state index is 0.0449. The molecule has 0 radical (unpaired) electrons. The molecule has 1 fully saturated rings. The van der Waals surface area contributed by atoms with Crippen LogP contribution in [0.2, 0.25) is 0 Å². The molecular formula is C13H15F3N2O. The number of hydrogen-bond donors (Lipinski definition) is 1. The monoisotopic (exact) mass is 272 g/mol. The Hall–Kier alpha value is -1.56. The van der Waals surface area contributed by atoms with Gasteiger partial charge in [-0.05, 0) is 31.2 Å². The average Bonchev–Trinajstić information content (AvgIpc) is 2.38. The molecule has 19 heavy (non-hydrogen) atoms. The first-order valence-corrected chi connectivity index (χ1v) is 6.08. The van der Waals surface area contributed by atoms with Gasteiger partial charge in [-0.2, -0.15) is 13.2 Å². The van der Waals surface area contributed by atoms with E-state index in [9.17, 15) is 18.0 Å². The fourth-order valence-corrected chi connectivity index (χ4v) is 2.11. The van der Waals surface area contributed by atoms with Crippen molar-refractivity contribution in [1.29, 1.82) is 0 Å². The Morgan fingerprint density at radius 3 is 2.47 bits per heavy atom. The molecule has 0 unspecified atom stereocenters. The highest BCUT2D eigenvalue weighted by Gasteiger charge is 2.31. The number of amides is 1. The molecule has 0 bridgehead atoms. The minimum atomic E-state index is -4.37. The van der Waals surface area contributed by atoms with Gasteiger partial charge in [-0.25, -0.2) is 0 Å². The maximum atomic E-state index is 12.4. The van der Waals surface area contributed by atoms with Gasteiger partial charge in [0.2, 0.25) is 0 Å². The zero-order chi connectivity index (χ0) is 14.0. The van der Waals surface area contributed by atoms with Crippen molar-refractivity contribution in [2.45, 2.75) is 19.1 Å². The second kappa shape index (κ2) is 5.21. The number of nitrogens with zero attached hydrogens (tertiary/aromatic N) is 1. The summed E-state index contributed by atoms with van der Waals surface area (Å²) in [5.41, 5.74) is -0.445. The highest BCUT2D eigenvalue weighted by Crippen LogP contribution is 2.29. The Bertz CT molecular complexity index is 456. The minimum Gasteiger partial charge on any atom is -0.333 e. The van der Waals surface area contributed by atoms with E-state index in [1.165, 1.54) is 12.1 Å². The molecule has 1 aromatic rings. The maximum Gasteiger partial charge on any atom is 0.416 e. The number of piperazine rings is 1. The first-order valence-electron chi connectivity index (χ1n) is 6.08. The molecule has 1 N–H and O–H groups in total. The number of alkyl halides is 3. The number of carbonyl (C=O) groups is 1.